The lowest BCUT2D eigenvalue weighted by atomic mass is 10.2. The zero-order valence-electron chi connectivity index (χ0n) is 21.8. The van der Waals surface area contributed by atoms with Crippen molar-refractivity contribution in [3.05, 3.63) is 48.5 Å². The number of hydrogen-bond donors (Lipinski definition) is 0. The Hall–Kier alpha value is -3.12. The average molecular weight is 514 g/mol. The molecule has 0 amide bonds. The van der Waals surface area contributed by atoms with Crippen LogP contribution in [0, 0.1) is 0 Å². The first-order chi connectivity index (χ1) is 18.0. The van der Waals surface area contributed by atoms with E-state index in [2.05, 4.69) is 21.9 Å². The summed E-state index contributed by atoms with van der Waals surface area (Å²) in [6, 6.07) is 8.88. The minimum absolute atomic E-state index is 0.121. The fraction of sp³-hybridized carbons (Fsp3) is 0.538. The number of fused-ring (bicyclic) bond motifs is 1. The summed E-state index contributed by atoms with van der Waals surface area (Å²) in [6.45, 7) is 6.10. The maximum atomic E-state index is 11.6. The Kier molecular flexibility index (Phi) is 9.40. The van der Waals surface area contributed by atoms with Gasteiger partial charge in [0.15, 0.2) is 29.6 Å². The molecule has 3 aromatic rings. The second-order valence-electron chi connectivity index (χ2n) is 8.98. The van der Waals surface area contributed by atoms with Crippen molar-refractivity contribution in [2.45, 2.75) is 58.0 Å². The van der Waals surface area contributed by atoms with Crippen molar-refractivity contribution in [1.82, 2.24) is 19.5 Å². The van der Waals surface area contributed by atoms with E-state index in [1.807, 2.05) is 36.6 Å². The summed E-state index contributed by atoms with van der Waals surface area (Å²) in [5.74, 6) is 0.464. The highest BCUT2D eigenvalue weighted by molar-refractivity contribution is 5.89. The molecule has 200 valence electrons. The maximum Gasteiger partial charge on any atom is 0.338 e. The second kappa shape index (κ2) is 12.9. The molecular formula is C26H35N5O6. The summed E-state index contributed by atoms with van der Waals surface area (Å²) in [4.78, 5) is 26.5. The summed E-state index contributed by atoms with van der Waals surface area (Å²) in [7, 11) is 3.88. The Morgan fingerprint density at radius 1 is 1.00 bits per heavy atom. The first-order valence-corrected chi connectivity index (χ1v) is 12.6. The second-order valence-corrected chi connectivity index (χ2v) is 8.98. The van der Waals surface area contributed by atoms with Gasteiger partial charge in [-0.3, -0.25) is 0 Å². The Bertz CT molecular complexity index is 1140. The van der Waals surface area contributed by atoms with E-state index in [-0.39, 0.29) is 31.1 Å². The summed E-state index contributed by atoms with van der Waals surface area (Å²) in [5.41, 5.74) is 2.14. The Morgan fingerprint density at radius 2 is 1.68 bits per heavy atom. The van der Waals surface area contributed by atoms with Crippen molar-refractivity contribution in [3.8, 4) is 0 Å². The van der Waals surface area contributed by atoms with Crippen LogP contribution in [0.3, 0.4) is 0 Å². The predicted molar refractivity (Wildman–Crippen MR) is 136 cm³/mol. The van der Waals surface area contributed by atoms with Gasteiger partial charge in [-0.05, 0) is 25.0 Å². The SMILES string of the molecule is CCC1COC(COC(=O)c2ccccc2)O1.CCC1COC(Cn2cnc3c(N(C)C)ncnc32)O1. The highest BCUT2D eigenvalue weighted by Crippen LogP contribution is 2.22. The third-order valence-corrected chi connectivity index (χ3v) is 6.05. The van der Waals surface area contributed by atoms with Crippen molar-refractivity contribution < 1.29 is 28.5 Å². The van der Waals surface area contributed by atoms with E-state index in [1.54, 1.807) is 36.9 Å². The van der Waals surface area contributed by atoms with Gasteiger partial charge in [-0.2, -0.15) is 0 Å². The molecule has 11 heteroatoms. The van der Waals surface area contributed by atoms with Gasteiger partial charge in [0.05, 0.1) is 43.9 Å². The van der Waals surface area contributed by atoms with Gasteiger partial charge >= 0.3 is 5.97 Å². The topological polar surface area (TPSA) is 110 Å². The molecule has 5 rings (SSSR count). The van der Waals surface area contributed by atoms with Crippen molar-refractivity contribution >= 4 is 23.0 Å². The molecule has 1 aromatic carbocycles. The van der Waals surface area contributed by atoms with Gasteiger partial charge in [-0.1, -0.05) is 32.0 Å². The monoisotopic (exact) mass is 513 g/mol. The minimum atomic E-state index is -0.424. The van der Waals surface area contributed by atoms with Crippen LogP contribution in [0.2, 0.25) is 0 Å². The molecule has 2 aliphatic heterocycles. The minimum Gasteiger partial charge on any atom is -0.457 e. The fourth-order valence-corrected chi connectivity index (χ4v) is 3.92. The van der Waals surface area contributed by atoms with E-state index in [0.29, 0.717) is 25.3 Å². The molecule has 2 aromatic heterocycles. The molecule has 4 atom stereocenters. The molecule has 37 heavy (non-hydrogen) atoms. The lowest BCUT2D eigenvalue weighted by molar-refractivity contribution is -0.0927. The normalized spacial score (nSPS) is 23.0. The van der Waals surface area contributed by atoms with Crippen molar-refractivity contribution in [2.24, 2.45) is 0 Å². The van der Waals surface area contributed by atoms with Crippen molar-refractivity contribution in [3.63, 3.8) is 0 Å². The zero-order chi connectivity index (χ0) is 26.2. The quantitative estimate of drug-likeness (QED) is 0.417. The van der Waals surface area contributed by atoms with Crippen molar-refractivity contribution in [1.29, 1.82) is 0 Å². The predicted octanol–water partition coefficient (Wildman–Crippen LogP) is 3.04. The highest BCUT2D eigenvalue weighted by atomic mass is 16.7. The fourth-order valence-electron chi connectivity index (χ4n) is 3.92. The van der Waals surface area contributed by atoms with E-state index in [4.69, 9.17) is 23.7 Å². The van der Waals surface area contributed by atoms with E-state index < -0.39 is 6.29 Å². The summed E-state index contributed by atoms with van der Waals surface area (Å²) in [5, 5.41) is 0. The van der Waals surface area contributed by atoms with Crippen LogP contribution in [0.1, 0.15) is 37.0 Å². The van der Waals surface area contributed by atoms with E-state index in [0.717, 1.165) is 29.8 Å². The summed E-state index contributed by atoms with van der Waals surface area (Å²) < 4.78 is 29.3. The van der Waals surface area contributed by atoms with E-state index in [9.17, 15) is 4.79 Å². The molecule has 2 fully saturated rings. The van der Waals surface area contributed by atoms with Gasteiger partial charge in [0.1, 0.15) is 12.9 Å². The van der Waals surface area contributed by atoms with Gasteiger partial charge in [-0.15, -0.1) is 0 Å². The smallest absolute Gasteiger partial charge is 0.338 e. The number of aromatic nitrogens is 4. The van der Waals surface area contributed by atoms with E-state index >= 15 is 0 Å². The van der Waals surface area contributed by atoms with Crippen LogP contribution < -0.4 is 4.90 Å². The zero-order valence-corrected chi connectivity index (χ0v) is 21.8. The number of nitrogens with zero attached hydrogens (tertiary/aromatic N) is 5. The lowest BCUT2D eigenvalue weighted by Gasteiger charge is -2.13. The van der Waals surface area contributed by atoms with Crippen LogP contribution in [0.15, 0.2) is 43.0 Å². The van der Waals surface area contributed by atoms with Gasteiger partial charge in [0, 0.05) is 14.1 Å². The number of carbonyl (C=O) groups excluding carboxylic acids is 1. The van der Waals surface area contributed by atoms with Gasteiger partial charge in [0.2, 0.25) is 0 Å². The molecule has 0 aliphatic carbocycles. The standard InChI is InChI=1S/C13H19N5O2.C13H16O4/c1-4-9-6-19-10(20-9)5-18-8-16-11-12(17(2)3)14-7-15-13(11)18;1-2-11-8-15-12(17-11)9-16-13(14)10-6-4-3-5-7-10/h7-10H,4-6H2,1-3H3;3-7,11-12H,2,8-9H2,1H3. The molecule has 0 saturated carbocycles. The Balaban J connectivity index is 0.000000176. The Morgan fingerprint density at radius 3 is 2.32 bits per heavy atom. The highest BCUT2D eigenvalue weighted by Gasteiger charge is 2.26. The first kappa shape index (κ1) is 26.9. The van der Waals surface area contributed by atoms with Crippen LogP contribution in [-0.2, 0) is 30.2 Å². The van der Waals surface area contributed by atoms with Crippen molar-refractivity contribution in [2.75, 3.05) is 38.8 Å². The molecule has 0 radical (unpaired) electrons. The van der Waals surface area contributed by atoms with Crippen LogP contribution in [0.4, 0.5) is 5.82 Å². The number of hydrogen-bond acceptors (Lipinski definition) is 10. The molecule has 0 N–H and O–H groups in total. The lowest BCUT2D eigenvalue weighted by Crippen LogP contribution is -2.20. The largest absolute Gasteiger partial charge is 0.457 e. The average Bonchev–Trinajstić information content (AvgIpc) is 3.68. The Labute approximate surface area is 216 Å². The molecular weight excluding hydrogens is 478 g/mol. The number of esters is 1. The van der Waals surface area contributed by atoms with Crippen LogP contribution in [0.25, 0.3) is 11.2 Å². The number of imidazole rings is 1. The summed E-state index contributed by atoms with van der Waals surface area (Å²) >= 11 is 0. The van der Waals surface area contributed by atoms with Gasteiger partial charge < -0.3 is 33.2 Å². The number of benzene rings is 1. The molecule has 0 spiro atoms. The van der Waals surface area contributed by atoms with Crippen LogP contribution >= 0.6 is 0 Å². The van der Waals surface area contributed by atoms with Gasteiger partial charge in [0.25, 0.3) is 0 Å². The first-order valence-electron chi connectivity index (χ1n) is 12.6. The van der Waals surface area contributed by atoms with Crippen LogP contribution in [0.5, 0.6) is 0 Å². The summed E-state index contributed by atoms with van der Waals surface area (Å²) in [6.07, 6.45) is 4.86. The third kappa shape index (κ3) is 7.01. The molecule has 2 aliphatic rings. The molecule has 11 nitrogen and oxygen atoms in total. The molecule has 2 saturated heterocycles. The van der Waals surface area contributed by atoms with Crippen LogP contribution in [-0.4, -0.2) is 84.2 Å². The number of carbonyl (C=O) groups is 1. The molecule has 4 unspecified atom stereocenters. The molecule has 4 heterocycles. The van der Waals surface area contributed by atoms with Gasteiger partial charge in [-0.25, -0.2) is 19.7 Å². The number of anilines is 1. The third-order valence-electron chi connectivity index (χ3n) is 6.05. The number of rotatable bonds is 8. The molecule has 0 bridgehead atoms. The van der Waals surface area contributed by atoms with E-state index in [1.165, 1.54) is 0 Å². The maximum absolute atomic E-state index is 11.6. The number of ether oxygens (including phenoxy) is 5.